The van der Waals surface area contributed by atoms with Gasteiger partial charge in [0.05, 0.1) is 58.5 Å². The Morgan fingerprint density at radius 1 is 1.16 bits per heavy atom. The number of nitrogens with one attached hydrogen (secondary N) is 2. The Labute approximate surface area is 359 Å². The second-order valence-electron chi connectivity index (χ2n) is 18.6. The van der Waals surface area contributed by atoms with Crippen LogP contribution < -0.4 is 15.6 Å². The minimum absolute atomic E-state index is 0.0588. The lowest BCUT2D eigenvalue weighted by atomic mass is 9.84. The van der Waals surface area contributed by atoms with E-state index in [1.54, 1.807) is 7.11 Å². The van der Waals surface area contributed by atoms with E-state index in [9.17, 15) is 14.4 Å². The Bertz CT molecular complexity index is 2370. The van der Waals surface area contributed by atoms with Crippen LogP contribution in [-0.2, 0) is 43.2 Å². The van der Waals surface area contributed by atoms with Crippen LogP contribution in [0, 0.1) is 29.1 Å². The van der Waals surface area contributed by atoms with E-state index >= 15 is 8.78 Å². The summed E-state index contributed by atoms with van der Waals surface area (Å²) in [4.78, 5) is 56.3. The highest BCUT2D eigenvalue weighted by Gasteiger charge is 2.75. The van der Waals surface area contributed by atoms with E-state index in [0.29, 0.717) is 24.4 Å². The number of methoxy groups -OCH3 is 1. The number of carbonyl (C=O) groups excluding carboxylic acids is 3. The van der Waals surface area contributed by atoms with E-state index in [1.807, 2.05) is 39.3 Å². The van der Waals surface area contributed by atoms with Crippen molar-refractivity contribution >= 4 is 45.7 Å². The number of hydrogen-bond donors (Lipinski definition) is 2. The van der Waals surface area contributed by atoms with Crippen molar-refractivity contribution in [1.29, 1.82) is 0 Å². The number of anilines is 1. The van der Waals surface area contributed by atoms with Gasteiger partial charge in [0, 0.05) is 91.5 Å². The van der Waals surface area contributed by atoms with Gasteiger partial charge in [-0.3, -0.25) is 24.4 Å². The molecule has 5 aliphatic rings. The normalized spacial score (nSPS) is 27.9. The van der Waals surface area contributed by atoms with E-state index in [2.05, 4.69) is 63.3 Å². The lowest BCUT2D eigenvalue weighted by Gasteiger charge is -2.34. The van der Waals surface area contributed by atoms with Crippen LogP contribution in [0.15, 0.2) is 35.8 Å². The maximum atomic E-state index is 15.4. The van der Waals surface area contributed by atoms with Gasteiger partial charge >= 0.3 is 5.97 Å². The highest BCUT2D eigenvalue weighted by molar-refractivity contribution is 7.10. The Kier molecular flexibility index (Phi) is 10.8. The number of likely N-dealkylation sites (N-methyl/N-ethyl adjacent to an activating group) is 1. The summed E-state index contributed by atoms with van der Waals surface area (Å²) in [6, 6.07) is 6.06. The van der Waals surface area contributed by atoms with E-state index in [0.717, 1.165) is 81.6 Å². The first kappa shape index (κ1) is 41.8. The molecule has 3 aromatic heterocycles. The molecule has 0 unspecified atom stereocenters. The molecule has 326 valence electrons. The molecule has 4 fully saturated rings. The molecule has 2 saturated heterocycles. The van der Waals surface area contributed by atoms with Crippen molar-refractivity contribution in [2.45, 2.75) is 84.5 Å². The van der Waals surface area contributed by atoms with Gasteiger partial charge in [0.1, 0.15) is 12.1 Å². The van der Waals surface area contributed by atoms with Crippen molar-refractivity contribution in [1.82, 2.24) is 35.2 Å². The molecule has 2 saturated carbocycles. The third kappa shape index (κ3) is 7.71. The molecule has 13 nitrogen and oxygen atoms in total. The summed E-state index contributed by atoms with van der Waals surface area (Å²) in [6.45, 7) is 14.1. The zero-order chi connectivity index (χ0) is 43.1. The van der Waals surface area contributed by atoms with Gasteiger partial charge in [-0.1, -0.05) is 26.8 Å². The molecule has 1 aromatic carbocycles. The summed E-state index contributed by atoms with van der Waals surface area (Å²) in [7, 11) is 3.82. The summed E-state index contributed by atoms with van der Waals surface area (Å²) < 4.78 is 45.0. The predicted octanol–water partition coefficient (Wildman–Crippen LogP) is 5.71. The van der Waals surface area contributed by atoms with Crippen molar-refractivity contribution in [2.75, 3.05) is 58.4 Å². The number of carbonyl (C=O) groups is 3. The van der Waals surface area contributed by atoms with Gasteiger partial charge in [-0.15, -0.1) is 11.3 Å². The first-order valence-electron chi connectivity index (χ1n) is 21.6. The number of hydrogen-bond acceptors (Lipinski definition) is 11. The van der Waals surface area contributed by atoms with Gasteiger partial charge in [-0.05, 0) is 63.4 Å². The molecule has 6 heterocycles. The topological polar surface area (TPSA) is 134 Å². The standard InChI is InChI=1S/C45H56F2N8O5S/c1-8-54-35-10-9-26-16-29(35)31(40(54)30-17-27(20-48-38(30)25(3)59-7)53-13-11-52(6)12-14-53)19-44(4,5)23-60-43(58)39-37-32(45(37,46)47)21-55(51-39)42(57)33(18-36-49-34(26)22-61-36)50-41(56)28-15-24(28)2/h9-10,16-17,20,22,24-25,28,32-33,37,39,51H,8,11-15,18-19,21,23H2,1-7H3,(H,50,56)/t24-,25-,28-,32+,33-,37+,39-/m0/s1. The van der Waals surface area contributed by atoms with Crippen LogP contribution in [0.4, 0.5) is 14.5 Å². The van der Waals surface area contributed by atoms with E-state index in [1.165, 1.54) is 11.3 Å². The maximum absolute atomic E-state index is 15.4. The lowest BCUT2D eigenvalue weighted by molar-refractivity contribution is -0.156. The molecule has 6 bridgehead atoms. The average molecular weight is 859 g/mol. The summed E-state index contributed by atoms with van der Waals surface area (Å²) >= 11 is 1.38. The highest BCUT2D eigenvalue weighted by atomic mass is 32.1. The van der Waals surface area contributed by atoms with Crippen LogP contribution >= 0.6 is 11.3 Å². The Hall–Kier alpha value is -4.51. The highest BCUT2D eigenvalue weighted by Crippen LogP contribution is 2.59. The Morgan fingerprint density at radius 3 is 2.62 bits per heavy atom. The predicted molar refractivity (Wildman–Crippen MR) is 229 cm³/mol. The van der Waals surface area contributed by atoms with Crippen molar-refractivity contribution in [3.8, 4) is 22.5 Å². The van der Waals surface area contributed by atoms with Crippen molar-refractivity contribution < 1.29 is 32.6 Å². The fraction of sp³-hybridized carbons (Fsp3) is 0.578. The van der Waals surface area contributed by atoms with Gasteiger partial charge in [0.2, 0.25) is 5.91 Å². The van der Waals surface area contributed by atoms with Crippen molar-refractivity contribution in [3.05, 3.63) is 52.1 Å². The maximum Gasteiger partial charge on any atom is 0.325 e. The third-order valence-corrected chi connectivity index (χ3v) is 14.5. The largest absolute Gasteiger partial charge is 0.464 e. The minimum Gasteiger partial charge on any atom is -0.464 e. The number of alkyl halides is 2. The summed E-state index contributed by atoms with van der Waals surface area (Å²) in [5.41, 5.74) is 9.63. The van der Waals surface area contributed by atoms with Crippen LogP contribution in [0.5, 0.6) is 0 Å². The lowest BCUT2D eigenvalue weighted by Crippen LogP contribution is -2.61. The number of amides is 2. The second-order valence-corrected chi connectivity index (χ2v) is 19.6. The van der Waals surface area contributed by atoms with Crippen LogP contribution in [0.25, 0.3) is 33.4 Å². The molecule has 2 amide bonds. The zero-order valence-corrected chi connectivity index (χ0v) is 36.8. The van der Waals surface area contributed by atoms with E-state index in [4.69, 9.17) is 19.4 Å². The molecular weight excluding hydrogens is 803 g/mol. The molecule has 0 radical (unpaired) electrons. The molecule has 0 spiro atoms. The smallest absolute Gasteiger partial charge is 0.325 e. The first-order valence-corrected chi connectivity index (χ1v) is 22.4. The van der Waals surface area contributed by atoms with Crippen LogP contribution in [-0.4, -0.2) is 114 Å². The third-order valence-electron chi connectivity index (χ3n) is 13.6. The number of thiazole rings is 1. The number of benzene rings is 1. The van der Waals surface area contributed by atoms with Crippen molar-refractivity contribution in [3.63, 3.8) is 0 Å². The number of piperazine rings is 1. The second kappa shape index (κ2) is 15.7. The van der Waals surface area contributed by atoms with Crippen LogP contribution in [0.1, 0.15) is 63.4 Å². The van der Waals surface area contributed by atoms with E-state index < -0.39 is 47.1 Å². The fourth-order valence-electron chi connectivity index (χ4n) is 9.63. The summed E-state index contributed by atoms with van der Waals surface area (Å²) in [6.07, 6.45) is 2.87. The monoisotopic (exact) mass is 858 g/mol. The molecule has 2 aliphatic carbocycles. The number of pyridine rings is 1. The number of hydrazine groups is 1. The molecule has 61 heavy (non-hydrogen) atoms. The summed E-state index contributed by atoms with van der Waals surface area (Å²) in [5, 5.41) is 7.59. The summed E-state index contributed by atoms with van der Waals surface area (Å²) in [5.74, 6) is -7.40. The van der Waals surface area contributed by atoms with Crippen molar-refractivity contribution in [2.24, 2.45) is 29.1 Å². The molecule has 4 aromatic rings. The number of rotatable bonds is 7. The van der Waals surface area contributed by atoms with Gasteiger partial charge in [-0.25, -0.2) is 19.2 Å². The minimum atomic E-state index is -3.16. The number of ether oxygens (including phenoxy) is 2. The first-order chi connectivity index (χ1) is 29.1. The molecule has 7 atom stereocenters. The Balaban J connectivity index is 1.18. The number of aryl methyl sites for hydroxylation is 1. The van der Waals surface area contributed by atoms with Gasteiger partial charge in [-0.2, -0.15) is 0 Å². The van der Waals surface area contributed by atoms with Gasteiger partial charge in [0.25, 0.3) is 11.8 Å². The Morgan fingerprint density at radius 2 is 1.92 bits per heavy atom. The molecule has 2 N–H and O–H groups in total. The van der Waals surface area contributed by atoms with E-state index in [-0.39, 0.29) is 43.4 Å². The number of aromatic nitrogens is 3. The van der Waals surface area contributed by atoms with Crippen LogP contribution in [0.3, 0.4) is 0 Å². The fourth-order valence-corrected chi connectivity index (χ4v) is 10.5. The van der Waals surface area contributed by atoms with Gasteiger partial charge < -0.3 is 29.2 Å². The number of esters is 1. The van der Waals surface area contributed by atoms with Crippen LogP contribution in [0.2, 0.25) is 0 Å². The zero-order valence-electron chi connectivity index (χ0n) is 36.0. The SMILES string of the molecule is CCn1c(-c2cc(N3CCN(C)CC3)cnc2[C@H](C)OC)c2c3cc(ccc31)-c1csc(n1)C[C@H](NC(=O)[C@H]1C[C@@H]1C)C(=O)N1C[C@@H]3[C@H]([C@H](N1)C(=O)OCC(C)(C)C2)C3(F)F. The number of nitrogens with zero attached hydrogens (tertiary/aromatic N) is 6. The number of cyclic esters (lactones) is 1. The molecule has 9 rings (SSSR count). The average Bonchev–Trinajstić information content (AvgIpc) is 3.96. The number of halogens is 2. The molecule has 3 aliphatic heterocycles. The molecular formula is C45H56F2N8O5S. The molecule has 16 heteroatoms. The number of fused-ring (bicyclic) bond motifs is 8. The van der Waals surface area contributed by atoms with Gasteiger partial charge in [0.15, 0.2) is 0 Å². The quantitative estimate of drug-likeness (QED) is 0.223.